The van der Waals surface area contributed by atoms with Crippen LogP contribution in [0.1, 0.15) is 20.3 Å². The van der Waals surface area contributed by atoms with E-state index >= 15 is 0 Å². The van der Waals surface area contributed by atoms with Crippen LogP contribution in [-0.2, 0) is 9.59 Å². The van der Waals surface area contributed by atoms with Gasteiger partial charge in [0.2, 0.25) is 18.6 Å². The third-order valence-electron chi connectivity index (χ3n) is 3.83. The fourth-order valence-corrected chi connectivity index (χ4v) is 2.44. The number of hydrogen-bond acceptors (Lipinski definition) is 5. The van der Waals surface area contributed by atoms with Crippen LogP contribution in [0.4, 0.5) is 11.4 Å². The Labute approximate surface area is 128 Å². The number of fused-ring (bicyclic) bond motifs is 2. The topological polar surface area (TPSA) is 79.9 Å². The Morgan fingerprint density at radius 3 is 2.86 bits per heavy atom. The van der Waals surface area contributed by atoms with Gasteiger partial charge in [-0.15, -0.1) is 0 Å². The Hall–Kier alpha value is -2.44. The fraction of sp³-hybridized carbons (Fsp3) is 0.467. The van der Waals surface area contributed by atoms with Gasteiger partial charge in [0.25, 0.3) is 0 Å². The number of nitrogens with one attached hydrogen (secondary N) is 2. The Kier molecular flexibility index (Phi) is 3.79. The second-order valence-electron chi connectivity index (χ2n) is 5.43. The monoisotopic (exact) mass is 305 g/mol. The van der Waals surface area contributed by atoms with Crippen molar-refractivity contribution in [1.82, 2.24) is 5.32 Å². The first-order valence-corrected chi connectivity index (χ1v) is 7.35. The van der Waals surface area contributed by atoms with E-state index in [9.17, 15) is 9.59 Å². The lowest BCUT2D eigenvalue weighted by Gasteiger charge is -2.30. The van der Waals surface area contributed by atoms with Gasteiger partial charge in [0.1, 0.15) is 6.54 Å². The number of hydrogen-bond donors (Lipinski definition) is 2. The highest BCUT2D eigenvalue weighted by Crippen LogP contribution is 2.42. The minimum Gasteiger partial charge on any atom is -0.454 e. The lowest BCUT2D eigenvalue weighted by molar-refractivity contribution is -0.123. The summed E-state index contributed by atoms with van der Waals surface area (Å²) in [5, 5.41) is 5.91. The van der Waals surface area contributed by atoms with Crippen LogP contribution in [0.15, 0.2) is 12.1 Å². The minimum atomic E-state index is -0.173. The fourth-order valence-electron chi connectivity index (χ4n) is 2.44. The number of amides is 2. The van der Waals surface area contributed by atoms with Crippen LogP contribution in [0.25, 0.3) is 0 Å². The molecule has 0 aromatic heterocycles. The van der Waals surface area contributed by atoms with Gasteiger partial charge in [0.05, 0.1) is 17.9 Å². The van der Waals surface area contributed by atoms with E-state index in [0.717, 1.165) is 12.1 Å². The minimum absolute atomic E-state index is 0.00248. The summed E-state index contributed by atoms with van der Waals surface area (Å²) in [7, 11) is 0. The zero-order valence-corrected chi connectivity index (χ0v) is 12.6. The second-order valence-corrected chi connectivity index (χ2v) is 5.43. The highest BCUT2D eigenvalue weighted by molar-refractivity contribution is 6.06. The van der Waals surface area contributed by atoms with E-state index in [2.05, 4.69) is 10.6 Å². The highest BCUT2D eigenvalue weighted by atomic mass is 16.7. The molecule has 1 aromatic rings. The molecule has 0 fully saturated rings. The van der Waals surface area contributed by atoms with E-state index < -0.39 is 0 Å². The lowest BCUT2D eigenvalue weighted by atomic mass is 10.1. The molecule has 0 saturated heterocycles. The molecule has 2 aliphatic heterocycles. The molecule has 2 amide bonds. The lowest BCUT2D eigenvalue weighted by Crippen LogP contribution is -2.47. The zero-order valence-electron chi connectivity index (χ0n) is 12.6. The Morgan fingerprint density at radius 2 is 2.14 bits per heavy atom. The molecular weight excluding hydrogens is 286 g/mol. The van der Waals surface area contributed by atoms with Gasteiger partial charge < -0.3 is 20.1 Å². The van der Waals surface area contributed by atoms with Gasteiger partial charge in [-0.25, -0.2) is 0 Å². The van der Waals surface area contributed by atoms with Crippen molar-refractivity contribution in [3.05, 3.63) is 12.1 Å². The van der Waals surface area contributed by atoms with Crippen molar-refractivity contribution >= 4 is 23.2 Å². The van der Waals surface area contributed by atoms with Gasteiger partial charge in [0, 0.05) is 18.2 Å². The van der Waals surface area contributed by atoms with E-state index in [4.69, 9.17) is 9.47 Å². The molecule has 1 atom stereocenters. The summed E-state index contributed by atoms with van der Waals surface area (Å²) in [4.78, 5) is 25.7. The van der Waals surface area contributed by atoms with E-state index in [1.807, 2.05) is 13.8 Å². The van der Waals surface area contributed by atoms with Crippen LogP contribution in [0.2, 0.25) is 0 Å². The van der Waals surface area contributed by atoms with Crippen molar-refractivity contribution in [1.29, 1.82) is 0 Å². The number of rotatable bonds is 4. The van der Waals surface area contributed by atoms with Crippen LogP contribution in [0.5, 0.6) is 11.5 Å². The maximum absolute atomic E-state index is 12.2. The Bertz CT molecular complexity index is 617. The standard InChI is InChI=1S/C15H19N3O4/c1-3-9(2)17-14(19)7-18-11-5-13-12(21-8-22-13)4-10(11)16-6-15(18)20/h4-5,9,16H,3,6-8H2,1-2H3,(H,17,19). The van der Waals surface area contributed by atoms with Gasteiger partial charge in [-0.1, -0.05) is 6.92 Å². The van der Waals surface area contributed by atoms with Gasteiger partial charge in [0.15, 0.2) is 11.5 Å². The average molecular weight is 305 g/mol. The number of anilines is 2. The van der Waals surface area contributed by atoms with Crippen molar-refractivity contribution in [2.75, 3.05) is 30.1 Å². The first kappa shape index (κ1) is 14.5. The SMILES string of the molecule is CCC(C)NC(=O)CN1C(=O)CNc2cc3c(cc21)OCO3. The molecule has 0 aliphatic carbocycles. The molecule has 2 heterocycles. The number of carbonyl (C=O) groups is 2. The Morgan fingerprint density at radius 1 is 1.41 bits per heavy atom. The van der Waals surface area contributed by atoms with Gasteiger partial charge in [-0.3, -0.25) is 14.5 Å². The van der Waals surface area contributed by atoms with Crippen molar-refractivity contribution < 1.29 is 19.1 Å². The predicted molar refractivity (Wildman–Crippen MR) is 81.3 cm³/mol. The molecule has 3 rings (SSSR count). The average Bonchev–Trinajstić information content (AvgIpc) is 2.95. The predicted octanol–water partition coefficient (Wildman–Crippen LogP) is 1.09. The summed E-state index contributed by atoms with van der Waals surface area (Å²) in [5.41, 5.74) is 1.40. The molecule has 118 valence electrons. The molecule has 0 saturated carbocycles. The second kappa shape index (κ2) is 5.75. The quantitative estimate of drug-likeness (QED) is 0.870. The van der Waals surface area contributed by atoms with Crippen molar-refractivity contribution in [2.24, 2.45) is 0 Å². The van der Waals surface area contributed by atoms with Crippen LogP contribution < -0.4 is 25.0 Å². The van der Waals surface area contributed by atoms with Gasteiger partial charge in [-0.2, -0.15) is 0 Å². The molecule has 2 aliphatic rings. The molecule has 0 spiro atoms. The normalized spacial score (nSPS) is 16.8. The van der Waals surface area contributed by atoms with E-state index in [-0.39, 0.29) is 37.7 Å². The first-order chi connectivity index (χ1) is 10.6. The van der Waals surface area contributed by atoms with Crippen LogP contribution >= 0.6 is 0 Å². The van der Waals surface area contributed by atoms with Crippen LogP contribution in [0.3, 0.4) is 0 Å². The third kappa shape index (κ3) is 2.66. The molecule has 0 bridgehead atoms. The maximum Gasteiger partial charge on any atom is 0.246 e. The molecule has 0 radical (unpaired) electrons. The summed E-state index contributed by atoms with van der Waals surface area (Å²) in [5.74, 6) is 0.908. The number of benzene rings is 1. The summed E-state index contributed by atoms with van der Waals surface area (Å²) in [6.07, 6.45) is 0.844. The van der Waals surface area contributed by atoms with Crippen LogP contribution in [-0.4, -0.2) is 37.7 Å². The number of carbonyl (C=O) groups excluding carboxylic acids is 2. The summed E-state index contributed by atoms with van der Waals surface area (Å²) >= 11 is 0. The molecular formula is C15H19N3O4. The highest BCUT2D eigenvalue weighted by Gasteiger charge is 2.29. The number of ether oxygens (including phenoxy) is 2. The summed E-state index contributed by atoms with van der Waals surface area (Å²) in [6, 6.07) is 3.61. The van der Waals surface area contributed by atoms with Crippen molar-refractivity contribution in [2.45, 2.75) is 26.3 Å². The smallest absolute Gasteiger partial charge is 0.246 e. The van der Waals surface area contributed by atoms with Crippen molar-refractivity contribution in [3.8, 4) is 11.5 Å². The number of nitrogens with zero attached hydrogens (tertiary/aromatic N) is 1. The maximum atomic E-state index is 12.2. The molecule has 7 nitrogen and oxygen atoms in total. The summed E-state index contributed by atoms with van der Waals surface area (Å²) in [6.45, 7) is 4.25. The van der Waals surface area contributed by atoms with Gasteiger partial charge >= 0.3 is 0 Å². The first-order valence-electron chi connectivity index (χ1n) is 7.35. The molecule has 7 heteroatoms. The molecule has 2 N–H and O–H groups in total. The zero-order chi connectivity index (χ0) is 15.7. The van der Waals surface area contributed by atoms with Gasteiger partial charge in [-0.05, 0) is 13.3 Å². The third-order valence-corrected chi connectivity index (χ3v) is 3.83. The molecule has 1 aromatic carbocycles. The van der Waals surface area contributed by atoms with Crippen molar-refractivity contribution in [3.63, 3.8) is 0 Å². The summed E-state index contributed by atoms with van der Waals surface area (Å²) < 4.78 is 10.7. The molecule has 22 heavy (non-hydrogen) atoms. The molecule has 1 unspecified atom stereocenters. The Balaban J connectivity index is 1.83. The van der Waals surface area contributed by atoms with E-state index in [1.165, 1.54) is 4.90 Å². The van der Waals surface area contributed by atoms with Crippen LogP contribution in [0, 0.1) is 0 Å². The van der Waals surface area contributed by atoms with E-state index in [1.54, 1.807) is 12.1 Å². The largest absolute Gasteiger partial charge is 0.454 e. The van der Waals surface area contributed by atoms with E-state index in [0.29, 0.717) is 17.2 Å².